The van der Waals surface area contributed by atoms with Gasteiger partial charge in [0.2, 0.25) is 0 Å². The summed E-state index contributed by atoms with van der Waals surface area (Å²) in [5.74, 6) is -0.666. The normalized spacial score (nSPS) is 11.4. The summed E-state index contributed by atoms with van der Waals surface area (Å²) in [5.41, 5.74) is 0.459. The molecule has 0 aromatic carbocycles. The van der Waals surface area contributed by atoms with E-state index in [0.29, 0.717) is 5.57 Å². The van der Waals surface area contributed by atoms with Crippen LogP contribution >= 0.6 is 0 Å². The van der Waals surface area contributed by atoms with Gasteiger partial charge in [0, 0.05) is 5.57 Å². The Morgan fingerprint density at radius 3 is 2.73 bits per heavy atom. The molecule has 0 radical (unpaired) electrons. The van der Waals surface area contributed by atoms with Crippen molar-refractivity contribution in [1.29, 1.82) is 0 Å². The van der Waals surface area contributed by atoms with Crippen LogP contribution in [0.25, 0.3) is 0 Å². The van der Waals surface area contributed by atoms with E-state index < -0.39 is 5.97 Å². The summed E-state index contributed by atoms with van der Waals surface area (Å²) in [5, 5.41) is 7.97. The molecular weight excluding hydrogens is 144 g/mol. The lowest BCUT2D eigenvalue weighted by atomic mass is 10.2. The smallest absolute Gasteiger partial charge is 0.296 e. The number of carbonyl (C=O) groups excluding carboxylic acids is 1. The maximum atomic E-state index is 10.6. The summed E-state index contributed by atoms with van der Waals surface area (Å²) in [4.78, 5) is 14.1. The average molecular weight is 158 g/mol. The predicted molar refractivity (Wildman–Crippen MR) is 42.0 cm³/mol. The lowest BCUT2D eigenvalue weighted by Crippen LogP contribution is -2.01. The molecule has 0 heterocycles. The molecular formula is C8H14O3. The van der Waals surface area contributed by atoms with Gasteiger partial charge in [-0.05, 0) is 13.3 Å². The van der Waals surface area contributed by atoms with Gasteiger partial charge in [-0.1, -0.05) is 25.8 Å². The first kappa shape index (κ1) is 10.2. The Hall–Kier alpha value is -0.830. The lowest BCUT2D eigenvalue weighted by molar-refractivity contribution is -0.229. The molecule has 11 heavy (non-hydrogen) atoms. The van der Waals surface area contributed by atoms with Gasteiger partial charge in [-0.25, -0.2) is 4.79 Å². The van der Waals surface area contributed by atoms with Gasteiger partial charge in [0.05, 0.1) is 0 Å². The minimum absolute atomic E-state index is 0.459. The van der Waals surface area contributed by atoms with E-state index >= 15 is 0 Å². The van der Waals surface area contributed by atoms with Crippen LogP contribution in [0.5, 0.6) is 0 Å². The fraction of sp³-hybridized carbons (Fsp3) is 0.625. The van der Waals surface area contributed by atoms with Crippen LogP contribution in [0.3, 0.4) is 0 Å². The average Bonchev–Trinajstić information content (AvgIpc) is 2.03. The lowest BCUT2D eigenvalue weighted by Gasteiger charge is -1.95. The molecule has 0 unspecified atom stereocenters. The van der Waals surface area contributed by atoms with Crippen LogP contribution in [0.2, 0.25) is 0 Å². The predicted octanol–water partition coefficient (Wildman–Crippen LogP) is 2.14. The minimum Gasteiger partial charge on any atom is -0.296 e. The van der Waals surface area contributed by atoms with Gasteiger partial charge >= 0.3 is 5.97 Å². The quantitative estimate of drug-likeness (QED) is 0.295. The molecule has 0 aliphatic heterocycles. The first-order chi connectivity index (χ1) is 5.22. The highest BCUT2D eigenvalue weighted by molar-refractivity contribution is 5.87. The zero-order chi connectivity index (χ0) is 8.69. The van der Waals surface area contributed by atoms with Crippen molar-refractivity contribution in [3.63, 3.8) is 0 Å². The van der Waals surface area contributed by atoms with Crippen molar-refractivity contribution >= 4 is 5.97 Å². The van der Waals surface area contributed by atoms with Crippen molar-refractivity contribution in [3.8, 4) is 0 Å². The number of rotatable bonds is 4. The molecule has 3 heteroatoms. The van der Waals surface area contributed by atoms with Crippen molar-refractivity contribution in [3.05, 3.63) is 11.6 Å². The standard InChI is InChI=1S/C8H14O3/c1-3-4-5-6-7(2)8(9)11-10/h6,10H,3-5H2,1-2H3/b7-6-. The summed E-state index contributed by atoms with van der Waals surface area (Å²) in [6.07, 6.45) is 4.77. The van der Waals surface area contributed by atoms with Crippen LogP contribution < -0.4 is 0 Å². The molecule has 0 aliphatic rings. The van der Waals surface area contributed by atoms with Crippen molar-refractivity contribution in [2.24, 2.45) is 0 Å². The van der Waals surface area contributed by atoms with E-state index in [4.69, 9.17) is 5.26 Å². The Bertz CT molecular complexity index is 149. The fourth-order valence-corrected chi connectivity index (χ4v) is 0.678. The SMILES string of the molecule is CCCC/C=C(/C)C(=O)OO. The van der Waals surface area contributed by atoms with Gasteiger partial charge in [0.25, 0.3) is 0 Å². The maximum Gasteiger partial charge on any atom is 0.368 e. The van der Waals surface area contributed by atoms with Crippen LogP contribution in [0.4, 0.5) is 0 Å². The Morgan fingerprint density at radius 1 is 1.64 bits per heavy atom. The van der Waals surface area contributed by atoms with Crippen molar-refractivity contribution in [1.82, 2.24) is 0 Å². The van der Waals surface area contributed by atoms with Crippen LogP contribution in [0, 0.1) is 0 Å². The van der Waals surface area contributed by atoms with Crippen LogP contribution in [0.1, 0.15) is 33.1 Å². The molecule has 3 nitrogen and oxygen atoms in total. The zero-order valence-corrected chi connectivity index (χ0v) is 6.96. The molecule has 0 saturated carbocycles. The first-order valence-electron chi connectivity index (χ1n) is 3.74. The van der Waals surface area contributed by atoms with Crippen LogP contribution in [0.15, 0.2) is 11.6 Å². The summed E-state index contributed by atoms with van der Waals surface area (Å²) in [6, 6.07) is 0. The Balaban J connectivity index is 3.71. The van der Waals surface area contributed by atoms with Gasteiger partial charge in [0.15, 0.2) is 0 Å². The zero-order valence-electron chi connectivity index (χ0n) is 6.96. The number of allylic oxidation sites excluding steroid dienone is 1. The molecule has 0 saturated heterocycles. The van der Waals surface area contributed by atoms with E-state index in [1.807, 2.05) is 0 Å². The molecule has 0 rings (SSSR count). The number of hydrogen-bond donors (Lipinski definition) is 1. The first-order valence-corrected chi connectivity index (χ1v) is 3.74. The summed E-state index contributed by atoms with van der Waals surface area (Å²) in [7, 11) is 0. The second-order valence-electron chi connectivity index (χ2n) is 2.41. The van der Waals surface area contributed by atoms with Gasteiger partial charge in [-0.15, -0.1) is 0 Å². The molecule has 0 aromatic heterocycles. The van der Waals surface area contributed by atoms with Crippen molar-refractivity contribution < 1.29 is 14.9 Å². The topological polar surface area (TPSA) is 46.5 Å². The third kappa shape index (κ3) is 4.56. The second-order valence-corrected chi connectivity index (χ2v) is 2.41. The van der Waals surface area contributed by atoms with Crippen molar-refractivity contribution in [2.45, 2.75) is 33.1 Å². The Morgan fingerprint density at radius 2 is 2.27 bits per heavy atom. The number of carbonyl (C=O) groups is 1. The summed E-state index contributed by atoms with van der Waals surface area (Å²) >= 11 is 0. The molecule has 0 atom stereocenters. The molecule has 0 aromatic rings. The Labute approximate surface area is 66.6 Å². The maximum absolute atomic E-state index is 10.6. The van der Waals surface area contributed by atoms with Gasteiger partial charge < -0.3 is 0 Å². The van der Waals surface area contributed by atoms with Crippen molar-refractivity contribution in [2.75, 3.05) is 0 Å². The molecule has 0 aliphatic carbocycles. The highest BCUT2D eigenvalue weighted by Crippen LogP contribution is 2.01. The van der Waals surface area contributed by atoms with Gasteiger partial charge in [0.1, 0.15) is 0 Å². The third-order valence-corrected chi connectivity index (χ3v) is 1.41. The van der Waals surface area contributed by atoms with E-state index in [1.54, 1.807) is 13.0 Å². The molecule has 0 amide bonds. The monoisotopic (exact) mass is 158 g/mol. The largest absolute Gasteiger partial charge is 0.368 e. The highest BCUT2D eigenvalue weighted by Gasteiger charge is 2.02. The second kappa shape index (κ2) is 5.92. The van der Waals surface area contributed by atoms with E-state index in [2.05, 4.69) is 11.8 Å². The number of hydrogen-bond acceptors (Lipinski definition) is 3. The molecule has 0 fully saturated rings. The van der Waals surface area contributed by atoms with E-state index in [9.17, 15) is 4.79 Å². The molecule has 0 bridgehead atoms. The summed E-state index contributed by atoms with van der Waals surface area (Å²) < 4.78 is 0. The van der Waals surface area contributed by atoms with E-state index in [-0.39, 0.29) is 0 Å². The molecule has 64 valence electrons. The van der Waals surface area contributed by atoms with E-state index in [1.165, 1.54) is 0 Å². The van der Waals surface area contributed by atoms with E-state index in [0.717, 1.165) is 19.3 Å². The van der Waals surface area contributed by atoms with Gasteiger partial charge in [-0.2, -0.15) is 5.26 Å². The highest BCUT2D eigenvalue weighted by atomic mass is 17.1. The summed E-state index contributed by atoms with van der Waals surface area (Å²) in [6.45, 7) is 3.70. The fourth-order valence-electron chi connectivity index (χ4n) is 0.678. The van der Waals surface area contributed by atoms with Crippen LogP contribution in [-0.2, 0) is 9.68 Å². The Kier molecular flexibility index (Phi) is 5.47. The number of unbranched alkanes of at least 4 members (excludes halogenated alkanes) is 2. The van der Waals surface area contributed by atoms with Crippen LogP contribution in [-0.4, -0.2) is 11.2 Å². The third-order valence-electron chi connectivity index (χ3n) is 1.41. The molecule has 1 N–H and O–H groups in total. The molecule has 0 spiro atoms. The minimum atomic E-state index is -0.666. The van der Waals surface area contributed by atoms with Gasteiger partial charge in [-0.3, -0.25) is 4.89 Å².